The Kier molecular flexibility index (Phi) is 4.15. The Hall–Kier alpha value is -1.94. The first-order valence-electron chi connectivity index (χ1n) is 6.83. The Balaban J connectivity index is 2.01. The molecule has 0 radical (unpaired) electrons. The summed E-state index contributed by atoms with van der Waals surface area (Å²) in [5, 5.41) is 1.86. The van der Waals surface area contributed by atoms with Gasteiger partial charge in [-0.15, -0.1) is 0 Å². The molecule has 4 heteroatoms. The molecular formula is C17H16ClN3. The van der Waals surface area contributed by atoms with Crippen molar-refractivity contribution in [3.63, 3.8) is 0 Å². The van der Waals surface area contributed by atoms with Crippen molar-refractivity contribution in [2.24, 2.45) is 5.84 Å². The highest BCUT2D eigenvalue weighted by atomic mass is 35.5. The van der Waals surface area contributed by atoms with Crippen LogP contribution in [-0.4, -0.2) is 4.98 Å². The fourth-order valence-corrected chi connectivity index (χ4v) is 2.76. The Bertz CT molecular complexity index is 752. The van der Waals surface area contributed by atoms with Gasteiger partial charge in [-0.3, -0.25) is 16.3 Å². The highest BCUT2D eigenvalue weighted by Crippen LogP contribution is 2.27. The van der Waals surface area contributed by atoms with Crippen molar-refractivity contribution in [2.75, 3.05) is 0 Å². The molecule has 2 aromatic carbocycles. The number of nitrogens with two attached hydrogens (primary N) is 1. The van der Waals surface area contributed by atoms with Gasteiger partial charge < -0.3 is 0 Å². The topological polar surface area (TPSA) is 50.9 Å². The maximum Gasteiger partial charge on any atom is 0.0750 e. The molecule has 1 aromatic heterocycles. The first-order chi connectivity index (χ1) is 10.3. The van der Waals surface area contributed by atoms with Crippen molar-refractivity contribution < 1.29 is 0 Å². The summed E-state index contributed by atoms with van der Waals surface area (Å²) in [6.07, 6.45) is 2.51. The third-order valence-electron chi connectivity index (χ3n) is 3.62. The predicted octanol–water partition coefficient (Wildman–Crippen LogP) is 3.64. The van der Waals surface area contributed by atoms with E-state index in [0.717, 1.165) is 27.1 Å². The van der Waals surface area contributed by atoms with E-state index in [9.17, 15) is 0 Å². The molecule has 0 aliphatic rings. The zero-order valence-electron chi connectivity index (χ0n) is 11.5. The number of aromatic nitrogens is 1. The molecule has 0 saturated carbocycles. The van der Waals surface area contributed by atoms with E-state index < -0.39 is 0 Å². The number of para-hydroxylation sites is 1. The summed E-state index contributed by atoms with van der Waals surface area (Å²) in [4.78, 5) is 4.49. The van der Waals surface area contributed by atoms with E-state index in [4.69, 9.17) is 17.4 Å². The first-order valence-corrected chi connectivity index (χ1v) is 7.20. The number of nitrogens with zero attached hydrogens (tertiary/aromatic N) is 1. The van der Waals surface area contributed by atoms with Crippen molar-refractivity contribution in [1.29, 1.82) is 0 Å². The number of hydrogen-bond acceptors (Lipinski definition) is 3. The Morgan fingerprint density at radius 1 is 1.05 bits per heavy atom. The zero-order valence-corrected chi connectivity index (χ0v) is 12.2. The zero-order chi connectivity index (χ0) is 14.7. The van der Waals surface area contributed by atoms with Crippen molar-refractivity contribution in [2.45, 2.75) is 12.5 Å². The van der Waals surface area contributed by atoms with Crippen LogP contribution < -0.4 is 11.3 Å². The lowest BCUT2D eigenvalue weighted by atomic mass is 9.97. The summed E-state index contributed by atoms with van der Waals surface area (Å²) in [6, 6.07) is 17.9. The lowest BCUT2D eigenvalue weighted by molar-refractivity contribution is 0.555. The van der Waals surface area contributed by atoms with Crippen LogP contribution >= 0.6 is 11.6 Å². The molecule has 21 heavy (non-hydrogen) atoms. The molecule has 1 heterocycles. The highest BCUT2D eigenvalue weighted by molar-refractivity contribution is 6.31. The molecule has 0 amide bonds. The van der Waals surface area contributed by atoms with E-state index in [1.54, 1.807) is 6.20 Å². The standard InChI is InChI=1S/C17H16ClN3/c18-15-9-2-1-5-13(15)11-16(21-19)14-8-3-6-12-7-4-10-20-17(12)14/h1-10,16,21H,11,19H2. The maximum absolute atomic E-state index is 6.25. The van der Waals surface area contributed by atoms with Crippen LogP contribution in [0.2, 0.25) is 5.02 Å². The van der Waals surface area contributed by atoms with Gasteiger partial charge in [0.25, 0.3) is 0 Å². The van der Waals surface area contributed by atoms with Crippen LogP contribution in [0.3, 0.4) is 0 Å². The normalized spacial score (nSPS) is 12.5. The van der Waals surface area contributed by atoms with E-state index in [1.807, 2.05) is 36.4 Å². The Labute approximate surface area is 128 Å². The van der Waals surface area contributed by atoms with E-state index in [-0.39, 0.29) is 6.04 Å². The third kappa shape index (κ3) is 2.90. The van der Waals surface area contributed by atoms with Gasteiger partial charge in [-0.2, -0.15) is 0 Å². The highest BCUT2D eigenvalue weighted by Gasteiger charge is 2.15. The quantitative estimate of drug-likeness (QED) is 0.571. The monoisotopic (exact) mass is 297 g/mol. The van der Waals surface area contributed by atoms with Gasteiger partial charge in [-0.1, -0.05) is 54.1 Å². The first kappa shape index (κ1) is 14.0. The summed E-state index contributed by atoms with van der Waals surface area (Å²) < 4.78 is 0. The molecule has 0 saturated heterocycles. The number of rotatable bonds is 4. The molecule has 0 bridgehead atoms. The van der Waals surface area contributed by atoms with Crippen LogP contribution in [-0.2, 0) is 6.42 Å². The number of pyridine rings is 1. The van der Waals surface area contributed by atoms with E-state index in [0.29, 0.717) is 6.42 Å². The molecule has 1 atom stereocenters. The predicted molar refractivity (Wildman–Crippen MR) is 87.0 cm³/mol. The van der Waals surface area contributed by atoms with Crippen molar-refractivity contribution in [1.82, 2.24) is 10.4 Å². The summed E-state index contributed by atoms with van der Waals surface area (Å²) in [5.74, 6) is 5.77. The second-order valence-electron chi connectivity index (χ2n) is 4.94. The van der Waals surface area contributed by atoms with Gasteiger partial charge in [-0.05, 0) is 29.7 Å². The third-order valence-corrected chi connectivity index (χ3v) is 3.99. The van der Waals surface area contributed by atoms with Gasteiger partial charge in [0.2, 0.25) is 0 Å². The SMILES string of the molecule is NNC(Cc1ccccc1Cl)c1cccc2cccnc12. The summed E-state index contributed by atoms with van der Waals surface area (Å²) in [7, 11) is 0. The fraction of sp³-hybridized carbons (Fsp3) is 0.118. The van der Waals surface area contributed by atoms with Crippen LogP contribution in [0.5, 0.6) is 0 Å². The molecule has 0 fully saturated rings. The maximum atomic E-state index is 6.25. The number of benzene rings is 2. The Morgan fingerprint density at radius 2 is 1.86 bits per heavy atom. The van der Waals surface area contributed by atoms with Crippen LogP contribution in [0.25, 0.3) is 10.9 Å². The molecular weight excluding hydrogens is 282 g/mol. The average Bonchev–Trinajstić information content (AvgIpc) is 2.54. The molecule has 3 N–H and O–H groups in total. The molecule has 1 unspecified atom stereocenters. The van der Waals surface area contributed by atoms with E-state index in [1.165, 1.54) is 0 Å². The largest absolute Gasteiger partial charge is 0.271 e. The average molecular weight is 298 g/mol. The van der Waals surface area contributed by atoms with Crippen molar-refractivity contribution in [3.05, 3.63) is 76.9 Å². The van der Waals surface area contributed by atoms with Crippen LogP contribution in [0.15, 0.2) is 60.8 Å². The lowest BCUT2D eigenvalue weighted by Gasteiger charge is -2.18. The molecule has 106 valence electrons. The minimum Gasteiger partial charge on any atom is -0.271 e. The number of nitrogens with one attached hydrogen (secondary N) is 1. The summed E-state index contributed by atoms with van der Waals surface area (Å²) in [5.41, 5.74) is 6.00. The minimum atomic E-state index is -0.0384. The van der Waals surface area contributed by atoms with Gasteiger partial charge in [0, 0.05) is 16.6 Å². The van der Waals surface area contributed by atoms with Crippen LogP contribution in [0, 0.1) is 0 Å². The molecule has 0 spiro atoms. The Morgan fingerprint density at radius 3 is 2.67 bits per heavy atom. The number of hydrazine groups is 1. The van der Waals surface area contributed by atoms with E-state index >= 15 is 0 Å². The second-order valence-corrected chi connectivity index (χ2v) is 5.34. The molecule has 0 aliphatic heterocycles. The van der Waals surface area contributed by atoms with E-state index in [2.05, 4.69) is 28.6 Å². The lowest BCUT2D eigenvalue weighted by Crippen LogP contribution is -2.30. The number of fused-ring (bicyclic) bond motifs is 1. The second kappa shape index (κ2) is 6.22. The minimum absolute atomic E-state index is 0.0384. The van der Waals surface area contributed by atoms with Crippen LogP contribution in [0.1, 0.15) is 17.2 Å². The molecule has 3 aromatic rings. The van der Waals surface area contributed by atoms with Crippen molar-refractivity contribution in [3.8, 4) is 0 Å². The van der Waals surface area contributed by atoms with Crippen LogP contribution in [0.4, 0.5) is 0 Å². The van der Waals surface area contributed by atoms with Gasteiger partial charge >= 0.3 is 0 Å². The van der Waals surface area contributed by atoms with Crippen molar-refractivity contribution >= 4 is 22.5 Å². The van der Waals surface area contributed by atoms with Gasteiger partial charge in [0.15, 0.2) is 0 Å². The molecule has 0 aliphatic carbocycles. The number of hydrogen-bond donors (Lipinski definition) is 2. The summed E-state index contributed by atoms with van der Waals surface area (Å²) in [6.45, 7) is 0. The number of halogens is 1. The van der Waals surface area contributed by atoms with Gasteiger partial charge in [0.1, 0.15) is 0 Å². The fourth-order valence-electron chi connectivity index (χ4n) is 2.55. The molecule has 3 nitrogen and oxygen atoms in total. The van der Waals surface area contributed by atoms with Gasteiger partial charge in [-0.25, -0.2) is 0 Å². The summed E-state index contributed by atoms with van der Waals surface area (Å²) >= 11 is 6.25. The molecule has 3 rings (SSSR count). The smallest absolute Gasteiger partial charge is 0.0750 e. The van der Waals surface area contributed by atoms with Gasteiger partial charge in [0.05, 0.1) is 11.6 Å².